The molecule has 1 fully saturated rings. The molecule has 1 saturated heterocycles. The lowest BCUT2D eigenvalue weighted by atomic mass is 10.0. The molecule has 5 heteroatoms. The number of nitrogens with zero attached hydrogens (tertiary/aromatic N) is 3. The molecule has 2 heterocycles. The van der Waals surface area contributed by atoms with Crippen molar-refractivity contribution in [2.24, 2.45) is 0 Å². The lowest BCUT2D eigenvalue weighted by Crippen LogP contribution is -2.40. The van der Waals surface area contributed by atoms with Gasteiger partial charge in [-0.3, -0.25) is 0 Å². The lowest BCUT2D eigenvalue weighted by molar-refractivity contribution is 0.194. The number of aromatic nitrogens is 2. The SMILES string of the molecule is CCNc1cc(NCC2CCCCN2C)nc(C)n1. The van der Waals surface area contributed by atoms with Crippen LogP contribution < -0.4 is 10.6 Å². The molecule has 0 amide bonds. The Kier molecular flexibility index (Phi) is 4.96. The fourth-order valence-electron chi connectivity index (χ4n) is 2.55. The fraction of sp³-hybridized carbons (Fsp3) is 0.714. The molecule has 1 unspecified atom stereocenters. The summed E-state index contributed by atoms with van der Waals surface area (Å²) >= 11 is 0. The number of piperidine rings is 1. The molecule has 2 rings (SSSR count). The molecule has 1 aromatic rings. The molecule has 0 spiro atoms. The van der Waals surface area contributed by atoms with E-state index in [2.05, 4.69) is 39.5 Å². The van der Waals surface area contributed by atoms with E-state index in [1.807, 2.05) is 13.0 Å². The van der Waals surface area contributed by atoms with Crippen molar-refractivity contribution in [1.29, 1.82) is 0 Å². The number of likely N-dealkylation sites (tertiary alicyclic amines) is 1. The number of aryl methyl sites for hydroxylation is 1. The van der Waals surface area contributed by atoms with E-state index in [-0.39, 0.29) is 0 Å². The molecule has 5 nitrogen and oxygen atoms in total. The monoisotopic (exact) mass is 263 g/mol. The molecular formula is C14H25N5. The highest BCUT2D eigenvalue weighted by molar-refractivity contribution is 5.47. The first-order valence-corrected chi connectivity index (χ1v) is 7.22. The van der Waals surface area contributed by atoms with Crippen LogP contribution in [0.2, 0.25) is 0 Å². The molecule has 1 aliphatic rings. The van der Waals surface area contributed by atoms with Gasteiger partial charge in [-0.2, -0.15) is 0 Å². The zero-order chi connectivity index (χ0) is 13.7. The molecule has 1 atom stereocenters. The van der Waals surface area contributed by atoms with Crippen LogP contribution in [0.5, 0.6) is 0 Å². The number of anilines is 2. The molecule has 2 N–H and O–H groups in total. The Morgan fingerprint density at radius 3 is 2.68 bits per heavy atom. The standard InChI is InChI=1S/C14H25N5/c1-4-15-13-9-14(18-11(2)17-13)16-10-12-7-5-6-8-19(12)3/h9,12H,4-8,10H2,1-3H3,(H2,15,16,17,18). The van der Waals surface area contributed by atoms with Gasteiger partial charge in [0.25, 0.3) is 0 Å². The van der Waals surface area contributed by atoms with E-state index in [0.717, 1.165) is 30.5 Å². The third-order valence-corrected chi connectivity index (χ3v) is 3.64. The predicted octanol–water partition coefficient (Wildman–Crippen LogP) is 2.11. The van der Waals surface area contributed by atoms with E-state index < -0.39 is 0 Å². The summed E-state index contributed by atoms with van der Waals surface area (Å²) in [5.41, 5.74) is 0. The maximum Gasteiger partial charge on any atom is 0.131 e. The molecule has 0 aliphatic carbocycles. The minimum atomic E-state index is 0.617. The number of hydrogen-bond donors (Lipinski definition) is 2. The van der Waals surface area contributed by atoms with Crippen molar-refractivity contribution >= 4 is 11.6 Å². The predicted molar refractivity (Wildman–Crippen MR) is 79.7 cm³/mol. The highest BCUT2D eigenvalue weighted by Gasteiger charge is 2.18. The average Bonchev–Trinajstić information content (AvgIpc) is 2.37. The van der Waals surface area contributed by atoms with Gasteiger partial charge in [0.1, 0.15) is 17.5 Å². The quantitative estimate of drug-likeness (QED) is 0.852. The van der Waals surface area contributed by atoms with Crippen molar-refractivity contribution in [3.63, 3.8) is 0 Å². The van der Waals surface area contributed by atoms with Crippen molar-refractivity contribution < 1.29 is 0 Å². The molecule has 19 heavy (non-hydrogen) atoms. The van der Waals surface area contributed by atoms with Gasteiger partial charge in [0, 0.05) is 25.2 Å². The van der Waals surface area contributed by atoms with Crippen molar-refractivity contribution in [1.82, 2.24) is 14.9 Å². The maximum absolute atomic E-state index is 4.44. The van der Waals surface area contributed by atoms with Gasteiger partial charge in [0.15, 0.2) is 0 Å². The van der Waals surface area contributed by atoms with Gasteiger partial charge in [0.05, 0.1) is 0 Å². The number of rotatable bonds is 5. The zero-order valence-corrected chi connectivity index (χ0v) is 12.2. The van der Waals surface area contributed by atoms with Crippen LogP contribution in [0.15, 0.2) is 6.07 Å². The van der Waals surface area contributed by atoms with Crippen molar-refractivity contribution in [3.05, 3.63) is 11.9 Å². The van der Waals surface area contributed by atoms with Gasteiger partial charge in [-0.05, 0) is 40.3 Å². The van der Waals surface area contributed by atoms with E-state index in [1.54, 1.807) is 0 Å². The number of nitrogens with one attached hydrogen (secondary N) is 2. The molecule has 1 aromatic heterocycles. The highest BCUT2D eigenvalue weighted by atomic mass is 15.2. The summed E-state index contributed by atoms with van der Waals surface area (Å²) in [4.78, 5) is 11.2. The first-order valence-electron chi connectivity index (χ1n) is 7.22. The van der Waals surface area contributed by atoms with Gasteiger partial charge in [0.2, 0.25) is 0 Å². The topological polar surface area (TPSA) is 53.1 Å². The summed E-state index contributed by atoms with van der Waals surface area (Å²) in [6, 6.07) is 2.60. The largest absolute Gasteiger partial charge is 0.370 e. The zero-order valence-electron chi connectivity index (χ0n) is 12.2. The Hall–Kier alpha value is -1.36. The van der Waals surface area contributed by atoms with E-state index in [9.17, 15) is 0 Å². The minimum Gasteiger partial charge on any atom is -0.370 e. The molecule has 0 bridgehead atoms. The summed E-state index contributed by atoms with van der Waals surface area (Å²) in [5, 5.41) is 6.69. The summed E-state index contributed by atoms with van der Waals surface area (Å²) in [5.74, 6) is 2.62. The van der Waals surface area contributed by atoms with E-state index in [0.29, 0.717) is 6.04 Å². The summed E-state index contributed by atoms with van der Waals surface area (Å²) in [6.07, 6.45) is 3.93. The average molecular weight is 263 g/mol. The fourth-order valence-corrected chi connectivity index (χ4v) is 2.55. The Balaban J connectivity index is 1.94. The van der Waals surface area contributed by atoms with Crippen LogP contribution in [0.3, 0.4) is 0 Å². The molecule has 1 aliphatic heterocycles. The van der Waals surface area contributed by atoms with Crippen molar-refractivity contribution in [2.75, 3.05) is 37.3 Å². The smallest absolute Gasteiger partial charge is 0.131 e. The summed E-state index contributed by atoms with van der Waals surface area (Å²) in [7, 11) is 2.21. The first kappa shape index (κ1) is 14.1. The van der Waals surface area contributed by atoms with Gasteiger partial charge in [-0.15, -0.1) is 0 Å². The molecule has 0 aromatic carbocycles. The van der Waals surface area contributed by atoms with Crippen molar-refractivity contribution in [2.45, 2.75) is 39.2 Å². The van der Waals surface area contributed by atoms with Gasteiger partial charge < -0.3 is 15.5 Å². The summed E-state index contributed by atoms with van der Waals surface area (Å²) in [6.45, 7) is 7.04. The van der Waals surface area contributed by atoms with Gasteiger partial charge in [-0.1, -0.05) is 6.42 Å². The van der Waals surface area contributed by atoms with Crippen LogP contribution in [0.1, 0.15) is 32.0 Å². The molecule has 0 saturated carbocycles. The van der Waals surface area contributed by atoms with Crippen LogP contribution in [0.25, 0.3) is 0 Å². The van der Waals surface area contributed by atoms with Gasteiger partial charge in [-0.25, -0.2) is 9.97 Å². The summed E-state index contributed by atoms with van der Waals surface area (Å²) < 4.78 is 0. The van der Waals surface area contributed by atoms with Crippen LogP contribution in [0, 0.1) is 6.92 Å². The number of hydrogen-bond acceptors (Lipinski definition) is 5. The Bertz CT molecular complexity index is 407. The van der Waals surface area contributed by atoms with Crippen LogP contribution in [-0.2, 0) is 0 Å². The maximum atomic E-state index is 4.44. The molecular weight excluding hydrogens is 238 g/mol. The Morgan fingerprint density at radius 1 is 1.26 bits per heavy atom. The van der Waals surface area contributed by atoms with Crippen LogP contribution >= 0.6 is 0 Å². The van der Waals surface area contributed by atoms with Crippen LogP contribution in [-0.4, -0.2) is 47.6 Å². The number of likely N-dealkylation sites (N-methyl/N-ethyl adjacent to an activating group) is 1. The second-order valence-electron chi connectivity index (χ2n) is 5.23. The second-order valence-corrected chi connectivity index (χ2v) is 5.23. The van der Waals surface area contributed by atoms with Gasteiger partial charge >= 0.3 is 0 Å². The van der Waals surface area contributed by atoms with Crippen LogP contribution in [0.4, 0.5) is 11.6 Å². The minimum absolute atomic E-state index is 0.617. The lowest BCUT2D eigenvalue weighted by Gasteiger charge is -2.32. The Morgan fingerprint density at radius 2 is 2.00 bits per heavy atom. The normalized spacial score (nSPS) is 20.3. The Labute approximate surface area is 115 Å². The first-order chi connectivity index (χ1) is 9.19. The highest BCUT2D eigenvalue weighted by Crippen LogP contribution is 2.16. The van der Waals surface area contributed by atoms with Crippen molar-refractivity contribution in [3.8, 4) is 0 Å². The third kappa shape index (κ3) is 4.06. The molecule has 106 valence electrons. The van der Waals surface area contributed by atoms with E-state index in [1.165, 1.54) is 25.8 Å². The van der Waals surface area contributed by atoms with E-state index >= 15 is 0 Å². The molecule has 0 radical (unpaired) electrons. The third-order valence-electron chi connectivity index (χ3n) is 3.64. The van der Waals surface area contributed by atoms with E-state index in [4.69, 9.17) is 0 Å². The second kappa shape index (κ2) is 6.70.